The lowest BCUT2D eigenvalue weighted by Gasteiger charge is -2.20. The van der Waals surface area contributed by atoms with Crippen LogP contribution in [0.4, 0.5) is 11.4 Å². The third-order valence-corrected chi connectivity index (χ3v) is 6.91. The summed E-state index contributed by atoms with van der Waals surface area (Å²) < 4.78 is 5.92. The maximum Gasteiger partial charge on any atom is 0.229 e. The van der Waals surface area contributed by atoms with Crippen molar-refractivity contribution in [3.05, 3.63) is 107 Å². The Bertz CT molecular complexity index is 1690. The van der Waals surface area contributed by atoms with Gasteiger partial charge in [-0.25, -0.2) is 0 Å². The molecule has 4 aromatic carbocycles. The molecule has 37 heavy (non-hydrogen) atoms. The molecule has 0 spiro atoms. The van der Waals surface area contributed by atoms with Gasteiger partial charge in [0.15, 0.2) is 5.78 Å². The first-order valence-electron chi connectivity index (χ1n) is 11.9. The van der Waals surface area contributed by atoms with Crippen LogP contribution < -0.4 is 10.2 Å². The Morgan fingerprint density at radius 1 is 0.865 bits per heavy atom. The second-order valence-electron chi connectivity index (χ2n) is 9.06. The van der Waals surface area contributed by atoms with Gasteiger partial charge in [-0.05, 0) is 36.4 Å². The number of nitrogens with one attached hydrogen (secondary N) is 1. The van der Waals surface area contributed by atoms with Gasteiger partial charge in [-0.2, -0.15) is 0 Å². The van der Waals surface area contributed by atoms with E-state index in [1.54, 1.807) is 48.5 Å². The molecular weight excluding hydrogens is 488 g/mol. The fourth-order valence-corrected chi connectivity index (χ4v) is 5.01. The van der Waals surface area contributed by atoms with Crippen molar-refractivity contribution in [2.75, 3.05) is 16.8 Å². The summed E-state index contributed by atoms with van der Waals surface area (Å²) in [7, 11) is 0. The zero-order chi connectivity index (χ0) is 25.5. The predicted octanol–water partition coefficient (Wildman–Crippen LogP) is 6.46. The van der Waals surface area contributed by atoms with Crippen LogP contribution >= 0.6 is 11.6 Å². The number of anilines is 2. The van der Waals surface area contributed by atoms with Gasteiger partial charge in [0, 0.05) is 51.6 Å². The van der Waals surface area contributed by atoms with Crippen molar-refractivity contribution >= 4 is 62.5 Å². The summed E-state index contributed by atoms with van der Waals surface area (Å²) in [6.45, 7) is 0.161. The van der Waals surface area contributed by atoms with Gasteiger partial charge in [-0.1, -0.05) is 60.1 Å². The standard InChI is InChI=1S/C30H21ClN2O4/c31-20-10-13-25(24(15-20)29(35)18-6-2-1-3-7-18)33-17-19(14-28(33)34)30(36)32-21-11-12-23-22-8-4-5-9-26(22)37-27(23)16-21/h1-13,15-16,19H,14,17H2,(H,32,36)/t19-/m0/s1. The molecular formula is C30H21ClN2O4. The zero-order valence-corrected chi connectivity index (χ0v) is 20.4. The maximum atomic E-state index is 13.2. The largest absolute Gasteiger partial charge is 0.456 e. The predicted molar refractivity (Wildman–Crippen MR) is 144 cm³/mol. The molecule has 6 rings (SSSR count). The number of furan rings is 1. The number of amides is 2. The zero-order valence-electron chi connectivity index (χ0n) is 19.6. The van der Waals surface area contributed by atoms with Gasteiger partial charge >= 0.3 is 0 Å². The first-order valence-corrected chi connectivity index (χ1v) is 12.3. The van der Waals surface area contributed by atoms with E-state index in [0.29, 0.717) is 33.1 Å². The first-order chi connectivity index (χ1) is 18.0. The number of carbonyl (C=O) groups is 3. The topological polar surface area (TPSA) is 79.6 Å². The molecule has 0 unspecified atom stereocenters. The molecule has 7 heteroatoms. The van der Waals surface area contributed by atoms with E-state index in [1.165, 1.54) is 4.90 Å². The van der Waals surface area contributed by atoms with Crippen LogP contribution in [0, 0.1) is 5.92 Å². The van der Waals surface area contributed by atoms with Crippen molar-refractivity contribution in [3.63, 3.8) is 0 Å². The molecule has 1 saturated heterocycles. The minimum atomic E-state index is -0.575. The molecule has 1 aliphatic heterocycles. The number of carbonyl (C=O) groups excluding carboxylic acids is 3. The van der Waals surface area contributed by atoms with Gasteiger partial charge in [-0.15, -0.1) is 0 Å². The van der Waals surface area contributed by atoms with E-state index in [1.807, 2.05) is 42.5 Å². The Hall–Kier alpha value is -4.42. The van der Waals surface area contributed by atoms with E-state index in [2.05, 4.69) is 5.32 Å². The highest BCUT2D eigenvalue weighted by molar-refractivity contribution is 6.31. The lowest BCUT2D eigenvalue weighted by Crippen LogP contribution is -2.29. The number of halogens is 1. The molecule has 2 amide bonds. The minimum absolute atomic E-state index is 0.0420. The van der Waals surface area contributed by atoms with E-state index < -0.39 is 5.92 Å². The van der Waals surface area contributed by atoms with Crippen LogP contribution in [-0.4, -0.2) is 24.1 Å². The minimum Gasteiger partial charge on any atom is -0.456 e. The van der Waals surface area contributed by atoms with Crippen molar-refractivity contribution in [2.45, 2.75) is 6.42 Å². The van der Waals surface area contributed by atoms with E-state index in [4.69, 9.17) is 16.0 Å². The molecule has 0 saturated carbocycles. The fourth-order valence-electron chi connectivity index (χ4n) is 4.83. The summed E-state index contributed by atoms with van der Waals surface area (Å²) in [4.78, 5) is 40.9. The van der Waals surface area contributed by atoms with Crippen molar-refractivity contribution < 1.29 is 18.8 Å². The normalized spacial score (nSPS) is 15.4. The lowest BCUT2D eigenvalue weighted by molar-refractivity contribution is -0.122. The van der Waals surface area contributed by atoms with Crippen molar-refractivity contribution in [2.24, 2.45) is 5.92 Å². The van der Waals surface area contributed by atoms with E-state index in [9.17, 15) is 14.4 Å². The van der Waals surface area contributed by atoms with Crippen LogP contribution in [0.1, 0.15) is 22.3 Å². The molecule has 1 atom stereocenters. The Morgan fingerprint density at radius 2 is 1.62 bits per heavy atom. The summed E-state index contributed by atoms with van der Waals surface area (Å²) >= 11 is 6.20. The number of hydrogen-bond donors (Lipinski definition) is 1. The average molecular weight is 509 g/mol. The molecule has 1 aromatic heterocycles. The number of nitrogens with zero attached hydrogens (tertiary/aromatic N) is 1. The average Bonchev–Trinajstić information content (AvgIpc) is 3.48. The smallest absolute Gasteiger partial charge is 0.229 e. The van der Waals surface area contributed by atoms with Crippen LogP contribution in [0.15, 0.2) is 95.4 Å². The summed E-state index contributed by atoms with van der Waals surface area (Å²) in [5.74, 6) is -1.30. The number of benzene rings is 4. The van der Waals surface area contributed by atoms with Crippen LogP contribution in [0.25, 0.3) is 21.9 Å². The highest BCUT2D eigenvalue weighted by atomic mass is 35.5. The summed E-state index contributed by atoms with van der Waals surface area (Å²) in [5.41, 5.74) is 3.31. The molecule has 1 fully saturated rings. The molecule has 0 radical (unpaired) electrons. The highest BCUT2D eigenvalue weighted by Gasteiger charge is 2.37. The van der Waals surface area contributed by atoms with Crippen molar-refractivity contribution in [1.29, 1.82) is 0 Å². The number of hydrogen-bond acceptors (Lipinski definition) is 4. The third-order valence-electron chi connectivity index (χ3n) is 6.67. The molecule has 0 bridgehead atoms. The van der Waals surface area contributed by atoms with Gasteiger partial charge in [0.05, 0.1) is 11.6 Å². The van der Waals surface area contributed by atoms with Gasteiger partial charge < -0.3 is 14.6 Å². The summed E-state index contributed by atoms with van der Waals surface area (Å²) in [6, 6.07) is 27.0. The first kappa shape index (κ1) is 23.0. The molecule has 1 aliphatic rings. The molecule has 6 nitrogen and oxygen atoms in total. The monoisotopic (exact) mass is 508 g/mol. The van der Waals surface area contributed by atoms with Crippen molar-refractivity contribution in [1.82, 2.24) is 0 Å². The molecule has 182 valence electrons. The Labute approximate surface area is 217 Å². The number of fused-ring (bicyclic) bond motifs is 3. The van der Waals surface area contributed by atoms with E-state index >= 15 is 0 Å². The Balaban J connectivity index is 1.23. The van der Waals surface area contributed by atoms with Gasteiger partial charge in [-0.3, -0.25) is 14.4 Å². The molecule has 0 aliphatic carbocycles. The van der Waals surface area contributed by atoms with E-state index in [0.717, 1.165) is 16.4 Å². The fraction of sp³-hybridized carbons (Fsp3) is 0.100. The quantitative estimate of drug-likeness (QED) is 0.276. The maximum absolute atomic E-state index is 13.2. The highest BCUT2D eigenvalue weighted by Crippen LogP contribution is 2.33. The SMILES string of the molecule is O=C(c1ccccc1)c1cc(Cl)ccc1N1C[C@@H](C(=O)Nc2ccc3c(c2)oc2ccccc23)CC1=O. The summed E-state index contributed by atoms with van der Waals surface area (Å²) in [5, 5.41) is 5.29. The van der Waals surface area contributed by atoms with Crippen LogP contribution in [0.3, 0.4) is 0 Å². The summed E-state index contributed by atoms with van der Waals surface area (Å²) in [6.07, 6.45) is 0.0420. The third kappa shape index (κ3) is 4.26. The van der Waals surface area contributed by atoms with E-state index in [-0.39, 0.29) is 30.6 Å². The van der Waals surface area contributed by atoms with Crippen LogP contribution in [0.2, 0.25) is 5.02 Å². The molecule has 2 heterocycles. The second kappa shape index (κ2) is 9.22. The number of para-hydroxylation sites is 1. The van der Waals surface area contributed by atoms with Gasteiger partial charge in [0.2, 0.25) is 11.8 Å². The molecule has 1 N–H and O–H groups in total. The lowest BCUT2D eigenvalue weighted by atomic mass is 10.0. The Morgan fingerprint density at radius 3 is 2.46 bits per heavy atom. The second-order valence-corrected chi connectivity index (χ2v) is 9.50. The Kier molecular flexibility index (Phi) is 5.74. The van der Waals surface area contributed by atoms with Gasteiger partial charge in [0.1, 0.15) is 11.2 Å². The number of rotatable bonds is 5. The molecule has 5 aromatic rings. The number of ketones is 1. The van der Waals surface area contributed by atoms with Gasteiger partial charge in [0.25, 0.3) is 0 Å². The van der Waals surface area contributed by atoms with Crippen LogP contribution in [0.5, 0.6) is 0 Å². The van der Waals surface area contributed by atoms with Crippen molar-refractivity contribution in [3.8, 4) is 0 Å². The van der Waals surface area contributed by atoms with Crippen LogP contribution in [-0.2, 0) is 9.59 Å².